The average molecular weight is 714 g/mol. The maximum absolute atomic E-state index is 14.4. The SMILES string of the molecule is O=C(N[C@H]1CCCCC/C=C\C2CC2(C(=O)NS(=O)(=O)C2CC2)NC(=O)[C@@H]2C[C@@H](ON=C3c4ccccc4-c4ccccc43)CN2C1=O)C1CC1. The number of allylic oxidation sites excluding steroid dienone is 1. The molecule has 2 aromatic rings. The van der Waals surface area contributed by atoms with Crippen molar-refractivity contribution in [1.29, 1.82) is 0 Å². The lowest BCUT2D eigenvalue weighted by molar-refractivity contribution is -0.142. The van der Waals surface area contributed by atoms with Gasteiger partial charge in [0.2, 0.25) is 27.7 Å². The summed E-state index contributed by atoms with van der Waals surface area (Å²) >= 11 is 0. The van der Waals surface area contributed by atoms with Crippen LogP contribution in [0.3, 0.4) is 0 Å². The summed E-state index contributed by atoms with van der Waals surface area (Å²) in [7, 11) is -3.86. The molecule has 6 aliphatic rings. The minimum atomic E-state index is -3.86. The van der Waals surface area contributed by atoms with Gasteiger partial charge in [0.15, 0.2) is 0 Å². The lowest BCUT2D eigenvalue weighted by atomic mass is 10.0. The Morgan fingerprint density at radius 1 is 0.902 bits per heavy atom. The van der Waals surface area contributed by atoms with Gasteiger partial charge in [-0.3, -0.25) is 23.9 Å². The van der Waals surface area contributed by atoms with E-state index in [1.165, 1.54) is 4.90 Å². The highest BCUT2D eigenvalue weighted by atomic mass is 32.2. The molecule has 2 unspecified atom stereocenters. The van der Waals surface area contributed by atoms with Crippen LogP contribution in [0.25, 0.3) is 11.1 Å². The van der Waals surface area contributed by atoms with Gasteiger partial charge in [0, 0.05) is 29.4 Å². The van der Waals surface area contributed by atoms with Crippen molar-refractivity contribution in [2.75, 3.05) is 6.54 Å². The third kappa shape index (κ3) is 6.68. The Morgan fingerprint density at radius 2 is 1.59 bits per heavy atom. The molecular formula is C38H43N5O7S. The molecule has 1 saturated heterocycles. The first-order valence-corrected chi connectivity index (χ1v) is 19.8. The largest absolute Gasteiger partial charge is 0.390 e. The summed E-state index contributed by atoms with van der Waals surface area (Å²) < 4.78 is 27.8. The molecule has 268 valence electrons. The van der Waals surface area contributed by atoms with Crippen molar-refractivity contribution < 1.29 is 32.4 Å². The minimum absolute atomic E-state index is 0.0470. The van der Waals surface area contributed by atoms with Gasteiger partial charge < -0.3 is 20.4 Å². The molecule has 4 amide bonds. The zero-order valence-corrected chi connectivity index (χ0v) is 29.2. The molecule has 0 spiro atoms. The van der Waals surface area contributed by atoms with Crippen molar-refractivity contribution >= 4 is 39.4 Å². The third-order valence-corrected chi connectivity index (χ3v) is 12.9. The highest BCUT2D eigenvalue weighted by Crippen LogP contribution is 2.46. The van der Waals surface area contributed by atoms with Crippen LogP contribution in [-0.4, -0.2) is 78.2 Å². The summed E-state index contributed by atoms with van der Waals surface area (Å²) in [6, 6.07) is 14.0. The highest BCUT2D eigenvalue weighted by molar-refractivity contribution is 7.91. The van der Waals surface area contributed by atoms with Crippen molar-refractivity contribution in [3.05, 3.63) is 71.8 Å². The van der Waals surface area contributed by atoms with Crippen molar-refractivity contribution in [3.8, 4) is 11.1 Å². The quantitative estimate of drug-likeness (QED) is 0.250. The molecule has 51 heavy (non-hydrogen) atoms. The molecule has 13 heteroatoms. The number of fused-ring (bicyclic) bond motifs is 5. The van der Waals surface area contributed by atoms with Crippen molar-refractivity contribution in [3.63, 3.8) is 0 Å². The van der Waals surface area contributed by atoms with E-state index in [-0.39, 0.29) is 37.1 Å². The first-order valence-electron chi connectivity index (χ1n) is 18.2. The number of benzene rings is 2. The summed E-state index contributed by atoms with van der Waals surface area (Å²) in [5.41, 5.74) is 3.13. The fourth-order valence-corrected chi connectivity index (χ4v) is 9.06. The van der Waals surface area contributed by atoms with Crippen LogP contribution in [0.2, 0.25) is 0 Å². The first-order chi connectivity index (χ1) is 24.6. The molecule has 2 aromatic carbocycles. The van der Waals surface area contributed by atoms with E-state index in [9.17, 15) is 27.6 Å². The predicted molar refractivity (Wildman–Crippen MR) is 188 cm³/mol. The number of nitrogens with zero attached hydrogens (tertiary/aromatic N) is 2. The Hall–Kier alpha value is -4.52. The van der Waals surface area contributed by atoms with E-state index in [1.807, 2.05) is 60.7 Å². The van der Waals surface area contributed by atoms with Crippen molar-refractivity contribution in [2.45, 2.75) is 99.6 Å². The van der Waals surface area contributed by atoms with E-state index in [2.05, 4.69) is 20.5 Å². The van der Waals surface area contributed by atoms with E-state index < -0.39 is 56.7 Å². The summed E-state index contributed by atoms with van der Waals surface area (Å²) in [5.74, 6) is -2.35. The first kappa shape index (κ1) is 33.6. The van der Waals surface area contributed by atoms with Crippen molar-refractivity contribution in [2.24, 2.45) is 17.0 Å². The second-order valence-electron chi connectivity index (χ2n) is 14.8. The van der Waals surface area contributed by atoms with Gasteiger partial charge in [-0.25, -0.2) is 8.42 Å². The van der Waals surface area contributed by atoms with E-state index in [0.29, 0.717) is 31.4 Å². The number of hydrogen-bond acceptors (Lipinski definition) is 8. The molecule has 4 aliphatic carbocycles. The number of sulfonamides is 1. The molecule has 12 nitrogen and oxygen atoms in total. The maximum atomic E-state index is 14.4. The van der Waals surface area contributed by atoms with E-state index in [0.717, 1.165) is 54.4 Å². The van der Waals surface area contributed by atoms with Gasteiger partial charge in [0.1, 0.15) is 29.4 Å². The smallest absolute Gasteiger partial charge is 0.259 e. The molecule has 3 saturated carbocycles. The standard InChI is InChI=1S/C38H43N5O7S/c44-34(23-16-17-23)39-31-15-5-3-1-2-4-10-24-21-38(24,37(47)42-51(48,49)26-18-19-26)40-35(45)32-20-25(22-43(32)36(31)46)50-41-33-29-13-8-6-11-27(29)28-12-7-9-14-30(28)33/h4,6-14,23-26,31-32H,1-3,5,15-22H2,(H,39,44)(H,40,45)(H,42,47)/b10-4-/t24?,25-,31+,32+,38?/m1/s1. The van der Waals surface area contributed by atoms with Gasteiger partial charge >= 0.3 is 0 Å². The second-order valence-corrected chi connectivity index (χ2v) is 16.8. The van der Waals surface area contributed by atoms with Crippen LogP contribution in [0, 0.1) is 11.8 Å². The van der Waals surface area contributed by atoms with Crippen LogP contribution in [0.1, 0.15) is 81.8 Å². The minimum Gasteiger partial charge on any atom is -0.390 e. The van der Waals surface area contributed by atoms with Crippen LogP contribution in [0.4, 0.5) is 0 Å². The topological polar surface area (TPSA) is 163 Å². The molecule has 2 heterocycles. The Bertz CT molecular complexity index is 1890. The molecular weight excluding hydrogens is 671 g/mol. The number of amides is 4. The van der Waals surface area contributed by atoms with Crippen molar-refractivity contribution in [1.82, 2.24) is 20.3 Å². The monoisotopic (exact) mass is 713 g/mol. The number of carbonyl (C=O) groups excluding carboxylic acids is 4. The Balaban J connectivity index is 1.09. The molecule has 4 fully saturated rings. The Morgan fingerprint density at radius 3 is 2.25 bits per heavy atom. The average Bonchev–Trinajstić information content (AvgIpc) is 4.03. The van der Waals surface area contributed by atoms with E-state index in [1.54, 1.807) is 0 Å². The fourth-order valence-electron chi connectivity index (χ4n) is 7.69. The molecule has 3 N–H and O–H groups in total. The van der Waals surface area contributed by atoms with Gasteiger partial charge in [0.05, 0.1) is 11.8 Å². The number of oxime groups is 1. The lowest BCUT2D eigenvalue weighted by Crippen LogP contribution is -2.58. The van der Waals surface area contributed by atoms with Crippen LogP contribution < -0.4 is 15.4 Å². The number of hydrogen-bond donors (Lipinski definition) is 3. The fraction of sp³-hybridized carbons (Fsp3) is 0.500. The summed E-state index contributed by atoms with van der Waals surface area (Å²) in [6.45, 7) is 0.0470. The zero-order chi connectivity index (χ0) is 35.3. The van der Waals surface area contributed by atoms with Crippen LogP contribution in [0.15, 0.2) is 65.8 Å². The summed E-state index contributed by atoms with van der Waals surface area (Å²) in [4.78, 5) is 62.9. The Kier molecular flexibility index (Phi) is 8.72. The van der Waals surface area contributed by atoms with Gasteiger partial charge in [-0.05, 0) is 62.5 Å². The molecule has 5 atom stereocenters. The third-order valence-electron chi connectivity index (χ3n) is 11.1. The van der Waals surface area contributed by atoms with Crippen LogP contribution in [-0.2, 0) is 34.0 Å². The predicted octanol–water partition coefficient (Wildman–Crippen LogP) is 3.30. The van der Waals surface area contributed by atoms with E-state index in [4.69, 9.17) is 4.84 Å². The van der Waals surface area contributed by atoms with E-state index >= 15 is 0 Å². The molecule has 0 radical (unpaired) electrons. The number of carbonyl (C=O) groups is 4. The second kappa shape index (κ2) is 13.2. The summed E-state index contributed by atoms with van der Waals surface area (Å²) in [6.07, 6.45) is 9.66. The molecule has 0 aromatic heterocycles. The highest BCUT2D eigenvalue weighted by Gasteiger charge is 2.62. The molecule has 8 rings (SSSR count). The van der Waals surface area contributed by atoms with Crippen LogP contribution >= 0.6 is 0 Å². The summed E-state index contributed by atoms with van der Waals surface area (Å²) in [5, 5.41) is 9.88. The zero-order valence-electron chi connectivity index (χ0n) is 28.4. The maximum Gasteiger partial charge on any atom is 0.259 e. The number of nitrogens with one attached hydrogen (secondary N) is 3. The molecule has 2 aliphatic heterocycles. The van der Waals surface area contributed by atoms with Gasteiger partial charge in [0.25, 0.3) is 5.91 Å². The van der Waals surface area contributed by atoms with Gasteiger partial charge in [-0.2, -0.15) is 0 Å². The van der Waals surface area contributed by atoms with Crippen LogP contribution in [0.5, 0.6) is 0 Å². The normalized spacial score (nSPS) is 29.6. The lowest BCUT2D eigenvalue weighted by Gasteiger charge is -2.30. The van der Waals surface area contributed by atoms with Gasteiger partial charge in [-0.15, -0.1) is 0 Å². The number of rotatable bonds is 7. The Labute approximate surface area is 297 Å². The van der Waals surface area contributed by atoms with Gasteiger partial charge in [-0.1, -0.05) is 78.7 Å². The molecule has 0 bridgehead atoms.